The topological polar surface area (TPSA) is 46.5 Å². The molecule has 1 fully saturated rings. The molecule has 1 aliphatic carbocycles. The van der Waals surface area contributed by atoms with Crippen LogP contribution in [0.15, 0.2) is 29.3 Å². The molecule has 1 aromatic rings. The number of rotatable bonds is 1. The molecular weight excluding hydrogens is 252 g/mol. The molecule has 1 N–H and O–H groups in total. The van der Waals surface area contributed by atoms with Crippen molar-refractivity contribution in [3.63, 3.8) is 0 Å². The van der Waals surface area contributed by atoms with Crippen molar-refractivity contribution in [3.8, 4) is 0 Å². The van der Waals surface area contributed by atoms with Gasteiger partial charge in [-0.25, -0.2) is 4.79 Å². The highest BCUT2D eigenvalue weighted by molar-refractivity contribution is 5.86. The summed E-state index contributed by atoms with van der Waals surface area (Å²) >= 11 is 0. The number of hydrogen-bond donors (Lipinski definition) is 1. The van der Waals surface area contributed by atoms with Gasteiger partial charge in [0.2, 0.25) is 0 Å². The molecule has 0 bridgehead atoms. The fourth-order valence-corrected chi connectivity index (χ4v) is 3.66. The van der Waals surface area contributed by atoms with E-state index in [1.54, 1.807) is 6.92 Å². The molecule has 0 saturated heterocycles. The van der Waals surface area contributed by atoms with Gasteiger partial charge in [0.1, 0.15) is 0 Å². The number of aryl methyl sites for hydroxylation is 1. The van der Waals surface area contributed by atoms with Gasteiger partial charge in [0.25, 0.3) is 0 Å². The maximum atomic E-state index is 11.1. The molecule has 3 heteroatoms. The molecule has 1 aliphatic heterocycles. The molecule has 106 valence electrons. The second-order valence-electron chi connectivity index (χ2n) is 5.93. The molecule has 1 saturated carbocycles. The van der Waals surface area contributed by atoms with Crippen LogP contribution in [0.3, 0.4) is 0 Å². The summed E-state index contributed by atoms with van der Waals surface area (Å²) in [7, 11) is 0. The van der Waals surface area contributed by atoms with E-state index in [-0.39, 0.29) is 5.60 Å². The Hall–Kier alpha value is -1.61. The van der Waals surface area contributed by atoms with Crippen molar-refractivity contribution >= 4 is 5.97 Å². The number of allylic oxidation sites excluding steroid dienone is 1. The molecule has 0 radical (unpaired) electrons. The van der Waals surface area contributed by atoms with E-state index < -0.39 is 5.97 Å². The number of carboxylic acid groups (broad SMARTS) is 1. The van der Waals surface area contributed by atoms with Crippen molar-refractivity contribution in [2.24, 2.45) is 0 Å². The second kappa shape index (κ2) is 4.74. The number of hydrogen-bond acceptors (Lipinski definition) is 2. The van der Waals surface area contributed by atoms with E-state index in [1.165, 1.54) is 16.7 Å². The van der Waals surface area contributed by atoms with E-state index in [0.29, 0.717) is 12.2 Å². The van der Waals surface area contributed by atoms with Crippen molar-refractivity contribution in [2.75, 3.05) is 0 Å². The highest BCUT2D eigenvalue weighted by Gasteiger charge is 2.43. The fraction of sp³-hybridized carbons (Fsp3) is 0.471. The van der Waals surface area contributed by atoms with Crippen LogP contribution in [-0.4, -0.2) is 11.1 Å². The predicted octanol–water partition coefficient (Wildman–Crippen LogP) is 3.70. The van der Waals surface area contributed by atoms with E-state index in [2.05, 4.69) is 25.1 Å². The molecule has 0 amide bonds. The van der Waals surface area contributed by atoms with Gasteiger partial charge in [-0.2, -0.15) is 0 Å². The van der Waals surface area contributed by atoms with Crippen LogP contribution in [0.1, 0.15) is 49.3 Å². The average molecular weight is 272 g/mol. The van der Waals surface area contributed by atoms with Gasteiger partial charge in [0.05, 0.1) is 12.2 Å². The van der Waals surface area contributed by atoms with Gasteiger partial charge >= 0.3 is 5.97 Å². The zero-order valence-corrected chi connectivity index (χ0v) is 12.0. The first-order valence-electron chi connectivity index (χ1n) is 7.18. The third-order valence-corrected chi connectivity index (χ3v) is 4.83. The van der Waals surface area contributed by atoms with Crippen LogP contribution in [0.2, 0.25) is 0 Å². The average Bonchev–Trinajstić information content (AvgIpc) is 2.79. The summed E-state index contributed by atoms with van der Waals surface area (Å²) in [6, 6.07) is 6.37. The van der Waals surface area contributed by atoms with Crippen molar-refractivity contribution in [1.82, 2.24) is 0 Å². The van der Waals surface area contributed by atoms with Crippen molar-refractivity contribution in [3.05, 3.63) is 46.0 Å². The highest BCUT2D eigenvalue weighted by atomic mass is 16.5. The van der Waals surface area contributed by atoms with Gasteiger partial charge in [0.15, 0.2) is 0 Å². The van der Waals surface area contributed by atoms with Crippen LogP contribution in [0.5, 0.6) is 0 Å². The normalized spacial score (nSPS) is 24.8. The fourth-order valence-electron chi connectivity index (χ4n) is 3.66. The van der Waals surface area contributed by atoms with Gasteiger partial charge in [-0.3, -0.25) is 0 Å². The predicted molar refractivity (Wildman–Crippen MR) is 76.4 cm³/mol. The Morgan fingerprint density at radius 2 is 2.00 bits per heavy atom. The smallest absolute Gasteiger partial charge is 0.331 e. The molecule has 1 spiro atoms. The maximum Gasteiger partial charge on any atom is 0.331 e. The monoisotopic (exact) mass is 272 g/mol. The lowest BCUT2D eigenvalue weighted by Gasteiger charge is -2.36. The Kier molecular flexibility index (Phi) is 3.17. The van der Waals surface area contributed by atoms with Gasteiger partial charge in [0, 0.05) is 5.57 Å². The van der Waals surface area contributed by atoms with E-state index >= 15 is 0 Å². The number of carbonyl (C=O) groups is 1. The summed E-state index contributed by atoms with van der Waals surface area (Å²) in [5, 5.41) is 9.10. The third kappa shape index (κ3) is 1.97. The SMILES string of the molecule is CC(C(=O)O)=C1CCC2(CC1)OCc1cccc(C)c12. The minimum Gasteiger partial charge on any atom is -0.478 e. The first kappa shape index (κ1) is 13.4. The highest BCUT2D eigenvalue weighted by Crippen LogP contribution is 2.49. The number of carboxylic acids is 1. The molecule has 2 aliphatic rings. The summed E-state index contributed by atoms with van der Waals surface area (Å²) in [5.74, 6) is -0.792. The lowest BCUT2D eigenvalue weighted by molar-refractivity contribution is -0.132. The largest absolute Gasteiger partial charge is 0.478 e. The molecule has 0 unspecified atom stereocenters. The molecule has 1 aromatic carbocycles. The first-order chi connectivity index (χ1) is 9.53. The maximum absolute atomic E-state index is 11.1. The van der Waals surface area contributed by atoms with E-state index in [0.717, 1.165) is 31.3 Å². The standard InChI is InChI=1S/C17H20O3/c1-11-4-3-5-14-10-20-17(15(11)14)8-6-13(7-9-17)12(2)16(18)19/h3-5H,6-10H2,1-2H3,(H,18,19). The van der Waals surface area contributed by atoms with Crippen molar-refractivity contribution in [2.45, 2.75) is 51.7 Å². The zero-order chi connectivity index (χ0) is 14.3. The third-order valence-electron chi connectivity index (χ3n) is 4.83. The van der Waals surface area contributed by atoms with Crippen LogP contribution in [-0.2, 0) is 21.7 Å². The van der Waals surface area contributed by atoms with Crippen LogP contribution in [0.25, 0.3) is 0 Å². The number of aliphatic carboxylic acids is 1. The number of benzene rings is 1. The summed E-state index contributed by atoms with van der Waals surface area (Å²) in [6.45, 7) is 4.54. The van der Waals surface area contributed by atoms with E-state index in [4.69, 9.17) is 9.84 Å². The zero-order valence-electron chi connectivity index (χ0n) is 12.0. The van der Waals surface area contributed by atoms with Gasteiger partial charge in [-0.15, -0.1) is 0 Å². The minimum atomic E-state index is -0.792. The number of fused-ring (bicyclic) bond motifs is 2. The summed E-state index contributed by atoms with van der Waals surface area (Å²) in [4.78, 5) is 11.1. The van der Waals surface area contributed by atoms with Crippen molar-refractivity contribution in [1.29, 1.82) is 0 Å². The van der Waals surface area contributed by atoms with Crippen LogP contribution < -0.4 is 0 Å². The van der Waals surface area contributed by atoms with Crippen LogP contribution in [0, 0.1) is 6.92 Å². The van der Waals surface area contributed by atoms with Crippen LogP contribution >= 0.6 is 0 Å². The summed E-state index contributed by atoms with van der Waals surface area (Å²) < 4.78 is 6.15. The molecule has 20 heavy (non-hydrogen) atoms. The Morgan fingerprint density at radius 1 is 1.30 bits per heavy atom. The Labute approximate surface area is 119 Å². The summed E-state index contributed by atoms with van der Waals surface area (Å²) in [6.07, 6.45) is 3.44. The van der Waals surface area contributed by atoms with Gasteiger partial charge in [-0.1, -0.05) is 23.8 Å². The quantitative estimate of drug-likeness (QED) is 0.793. The molecule has 3 rings (SSSR count). The molecule has 3 nitrogen and oxygen atoms in total. The number of ether oxygens (including phenoxy) is 1. The summed E-state index contributed by atoms with van der Waals surface area (Å²) in [5.41, 5.74) is 5.36. The Balaban J connectivity index is 1.90. The van der Waals surface area contributed by atoms with Gasteiger partial charge in [-0.05, 0) is 56.2 Å². The Morgan fingerprint density at radius 3 is 2.65 bits per heavy atom. The minimum absolute atomic E-state index is 0.178. The lowest BCUT2D eigenvalue weighted by atomic mass is 9.75. The van der Waals surface area contributed by atoms with Crippen molar-refractivity contribution < 1.29 is 14.6 Å². The molecule has 0 atom stereocenters. The molecule has 1 heterocycles. The van der Waals surface area contributed by atoms with E-state index in [9.17, 15) is 4.79 Å². The molecular formula is C17H20O3. The van der Waals surface area contributed by atoms with E-state index in [1.807, 2.05) is 0 Å². The van der Waals surface area contributed by atoms with Crippen LogP contribution in [0.4, 0.5) is 0 Å². The second-order valence-corrected chi connectivity index (χ2v) is 5.93. The molecule has 0 aromatic heterocycles. The first-order valence-corrected chi connectivity index (χ1v) is 7.18. The Bertz CT molecular complexity index is 588. The lowest BCUT2D eigenvalue weighted by Crippen LogP contribution is -2.30. The van der Waals surface area contributed by atoms with Gasteiger partial charge < -0.3 is 9.84 Å².